The van der Waals surface area contributed by atoms with Crippen LogP contribution in [0.3, 0.4) is 0 Å². The summed E-state index contributed by atoms with van der Waals surface area (Å²) < 4.78 is 0. The van der Waals surface area contributed by atoms with E-state index in [-0.39, 0.29) is 12.0 Å². The van der Waals surface area contributed by atoms with E-state index >= 15 is 0 Å². The zero-order valence-electron chi connectivity index (χ0n) is 10.1. The Morgan fingerprint density at radius 2 is 2.07 bits per heavy atom. The highest BCUT2D eigenvalue weighted by atomic mass is 16.3. The van der Waals surface area contributed by atoms with Crippen molar-refractivity contribution < 1.29 is 5.11 Å². The van der Waals surface area contributed by atoms with Gasteiger partial charge in [0.15, 0.2) is 0 Å². The summed E-state index contributed by atoms with van der Waals surface area (Å²) in [6.45, 7) is 10.0. The fourth-order valence-corrected chi connectivity index (χ4v) is 2.16. The van der Waals surface area contributed by atoms with E-state index in [1.54, 1.807) is 0 Å². The summed E-state index contributed by atoms with van der Waals surface area (Å²) in [5.41, 5.74) is 0.449. The smallest absolute Gasteiger partial charge is 0.0494 e. The minimum absolute atomic E-state index is 0.0126. The van der Waals surface area contributed by atoms with Crippen LogP contribution in [0.2, 0.25) is 0 Å². The van der Waals surface area contributed by atoms with Gasteiger partial charge in [-0.25, -0.2) is 0 Å². The van der Waals surface area contributed by atoms with E-state index in [1.165, 1.54) is 19.3 Å². The van der Waals surface area contributed by atoms with E-state index in [0.717, 1.165) is 6.54 Å². The van der Waals surface area contributed by atoms with Crippen molar-refractivity contribution >= 4 is 0 Å². The molecule has 1 saturated carbocycles. The van der Waals surface area contributed by atoms with Crippen LogP contribution in [-0.2, 0) is 0 Å². The van der Waals surface area contributed by atoms with Gasteiger partial charge < -0.3 is 10.4 Å². The van der Waals surface area contributed by atoms with Crippen molar-refractivity contribution in [2.75, 3.05) is 13.2 Å². The van der Waals surface area contributed by atoms with Gasteiger partial charge in [-0.2, -0.15) is 0 Å². The molecular formula is C12H25NO. The van der Waals surface area contributed by atoms with Crippen LogP contribution < -0.4 is 5.32 Å². The average Bonchev–Trinajstić information content (AvgIpc) is 2.42. The molecule has 0 bridgehead atoms. The van der Waals surface area contributed by atoms with E-state index < -0.39 is 0 Å². The molecule has 0 spiro atoms. The molecule has 1 atom stereocenters. The van der Waals surface area contributed by atoms with Crippen molar-refractivity contribution in [2.24, 2.45) is 10.8 Å². The quantitative estimate of drug-likeness (QED) is 0.727. The first-order chi connectivity index (χ1) is 6.37. The molecule has 1 aliphatic carbocycles. The molecule has 1 fully saturated rings. The monoisotopic (exact) mass is 199 g/mol. The fraction of sp³-hybridized carbons (Fsp3) is 1.00. The zero-order valence-corrected chi connectivity index (χ0v) is 10.1. The molecule has 0 aliphatic heterocycles. The molecule has 84 valence electrons. The summed E-state index contributed by atoms with van der Waals surface area (Å²) in [5, 5.41) is 12.8. The Balaban J connectivity index is 2.38. The van der Waals surface area contributed by atoms with Crippen molar-refractivity contribution in [1.82, 2.24) is 5.32 Å². The Morgan fingerprint density at radius 3 is 2.50 bits per heavy atom. The number of aliphatic hydroxyl groups is 1. The average molecular weight is 199 g/mol. The van der Waals surface area contributed by atoms with Crippen molar-refractivity contribution in [1.29, 1.82) is 0 Å². The predicted molar refractivity (Wildman–Crippen MR) is 60.3 cm³/mol. The van der Waals surface area contributed by atoms with Crippen LogP contribution in [0.4, 0.5) is 0 Å². The zero-order chi connectivity index (χ0) is 10.8. The lowest BCUT2D eigenvalue weighted by Gasteiger charge is -2.31. The number of hydrogen-bond donors (Lipinski definition) is 2. The Kier molecular flexibility index (Phi) is 3.59. The van der Waals surface area contributed by atoms with Gasteiger partial charge in [0.1, 0.15) is 0 Å². The highest BCUT2D eigenvalue weighted by Gasteiger charge is 2.34. The molecule has 2 nitrogen and oxygen atoms in total. The Bertz CT molecular complexity index is 187. The Hall–Kier alpha value is -0.0800. The standard InChI is InChI=1S/C12H25NO/c1-11(2,9-14)8-13-10-6-5-7-12(10,3)4/h10,13-14H,5-9H2,1-4H3. The molecule has 1 unspecified atom stereocenters. The maximum absolute atomic E-state index is 9.16. The molecule has 2 N–H and O–H groups in total. The molecule has 0 amide bonds. The van der Waals surface area contributed by atoms with Crippen LogP contribution in [0.25, 0.3) is 0 Å². The number of nitrogens with one attached hydrogen (secondary N) is 1. The summed E-state index contributed by atoms with van der Waals surface area (Å²) in [7, 11) is 0. The van der Waals surface area contributed by atoms with Crippen LogP contribution in [0.5, 0.6) is 0 Å². The van der Waals surface area contributed by atoms with Gasteiger partial charge in [0.2, 0.25) is 0 Å². The van der Waals surface area contributed by atoms with Gasteiger partial charge in [-0.1, -0.05) is 34.1 Å². The summed E-state index contributed by atoms with van der Waals surface area (Å²) in [6.07, 6.45) is 3.95. The maximum atomic E-state index is 9.16. The lowest BCUT2D eigenvalue weighted by atomic mass is 9.86. The third-order valence-corrected chi connectivity index (χ3v) is 3.51. The van der Waals surface area contributed by atoms with Gasteiger partial charge >= 0.3 is 0 Å². The van der Waals surface area contributed by atoms with Crippen LogP contribution in [0.15, 0.2) is 0 Å². The molecular weight excluding hydrogens is 174 g/mol. The van der Waals surface area contributed by atoms with Crippen molar-refractivity contribution in [2.45, 2.75) is 53.0 Å². The number of rotatable bonds is 4. The van der Waals surface area contributed by atoms with Crippen LogP contribution in [-0.4, -0.2) is 24.3 Å². The minimum Gasteiger partial charge on any atom is -0.396 e. The Labute approximate surface area is 88.1 Å². The molecule has 0 aromatic carbocycles. The van der Waals surface area contributed by atoms with Crippen molar-refractivity contribution in [3.63, 3.8) is 0 Å². The second-order valence-electron chi connectivity index (χ2n) is 6.14. The van der Waals surface area contributed by atoms with Gasteiger partial charge in [0, 0.05) is 24.6 Å². The van der Waals surface area contributed by atoms with Gasteiger partial charge in [-0.15, -0.1) is 0 Å². The van der Waals surface area contributed by atoms with Gasteiger partial charge in [-0.3, -0.25) is 0 Å². The highest BCUT2D eigenvalue weighted by molar-refractivity contribution is 4.91. The fourth-order valence-electron chi connectivity index (χ4n) is 2.16. The SMILES string of the molecule is CC(C)(CO)CNC1CCCC1(C)C. The Morgan fingerprint density at radius 1 is 1.43 bits per heavy atom. The molecule has 1 rings (SSSR count). The van der Waals surface area contributed by atoms with E-state index in [2.05, 4.69) is 33.0 Å². The van der Waals surface area contributed by atoms with Gasteiger partial charge in [0.25, 0.3) is 0 Å². The molecule has 0 saturated heterocycles. The maximum Gasteiger partial charge on any atom is 0.0494 e. The summed E-state index contributed by atoms with van der Waals surface area (Å²) in [5.74, 6) is 0. The molecule has 2 heteroatoms. The molecule has 0 aromatic rings. The molecule has 14 heavy (non-hydrogen) atoms. The number of aliphatic hydroxyl groups excluding tert-OH is 1. The summed E-state index contributed by atoms with van der Waals surface area (Å²) in [6, 6.07) is 0.633. The van der Waals surface area contributed by atoms with E-state index in [9.17, 15) is 0 Å². The summed E-state index contributed by atoms with van der Waals surface area (Å²) in [4.78, 5) is 0. The molecule has 0 heterocycles. The minimum atomic E-state index is 0.0126. The van der Waals surface area contributed by atoms with Gasteiger partial charge in [-0.05, 0) is 18.3 Å². The van der Waals surface area contributed by atoms with Crippen LogP contribution in [0, 0.1) is 10.8 Å². The number of hydrogen-bond acceptors (Lipinski definition) is 2. The first-order valence-corrected chi connectivity index (χ1v) is 5.72. The predicted octanol–water partition coefficient (Wildman–Crippen LogP) is 2.17. The van der Waals surface area contributed by atoms with Crippen LogP contribution >= 0.6 is 0 Å². The molecule has 1 aliphatic rings. The summed E-state index contributed by atoms with van der Waals surface area (Å²) >= 11 is 0. The second kappa shape index (κ2) is 4.19. The lowest BCUT2D eigenvalue weighted by Crippen LogP contribution is -2.43. The topological polar surface area (TPSA) is 32.3 Å². The van der Waals surface area contributed by atoms with E-state index in [1.807, 2.05) is 0 Å². The highest BCUT2D eigenvalue weighted by Crippen LogP contribution is 2.37. The van der Waals surface area contributed by atoms with E-state index in [0.29, 0.717) is 11.5 Å². The molecule has 0 aromatic heterocycles. The van der Waals surface area contributed by atoms with Crippen LogP contribution in [0.1, 0.15) is 47.0 Å². The second-order valence-corrected chi connectivity index (χ2v) is 6.14. The van der Waals surface area contributed by atoms with Gasteiger partial charge in [0.05, 0.1) is 0 Å². The van der Waals surface area contributed by atoms with Crippen molar-refractivity contribution in [3.8, 4) is 0 Å². The third-order valence-electron chi connectivity index (χ3n) is 3.51. The largest absolute Gasteiger partial charge is 0.396 e. The first-order valence-electron chi connectivity index (χ1n) is 5.72. The first kappa shape index (κ1) is 12.0. The third kappa shape index (κ3) is 2.96. The van der Waals surface area contributed by atoms with E-state index in [4.69, 9.17) is 5.11 Å². The lowest BCUT2D eigenvalue weighted by molar-refractivity contribution is 0.144. The molecule has 0 radical (unpaired) electrons. The van der Waals surface area contributed by atoms with Crippen molar-refractivity contribution in [3.05, 3.63) is 0 Å². The normalized spacial score (nSPS) is 26.8.